The lowest BCUT2D eigenvalue weighted by molar-refractivity contribution is -0.130. The van der Waals surface area contributed by atoms with E-state index < -0.39 is 5.97 Å². The molecule has 0 atom stereocenters. The highest BCUT2D eigenvalue weighted by molar-refractivity contribution is 14.1. The van der Waals surface area contributed by atoms with Crippen molar-refractivity contribution in [1.82, 2.24) is 0 Å². The monoisotopic (exact) mass is 453 g/mol. The Hall–Kier alpha value is -2.29. The first-order valence-corrected chi connectivity index (χ1v) is 8.85. The molecule has 0 saturated heterocycles. The zero-order chi connectivity index (χ0) is 17.8. The van der Waals surface area contributed by atoms with E-state index in [1.54, 1.807) is 18.2 Å². The zero-order valence-electron chi connectivity index (χ0n) is 13.7. The summed E-state index contributed by atoms with van der Waals surface area (Å²) >= 11 is 2.18. The number of furan rings is 1. The van der Waals surface area contributed by atoms with Crippen LogP contribution in [0.25, 0.3) is 6.08 Å². The maximum atomic E-state index is 12.0. The van der Waals surface area contributed by atoms with Crippen LogP contribution in [0.4, 0.5) is 0 Å². The van der Waals surface area contributed by atoms with Crippen molar-refractivity contribution in [1.29, 1.82) is 0 Å². The minimum Gasteiger partial charge on any atom is -0.490 e. The van der Waals surface area contributed by atoms with E-state index in [1.807, 2.05) is 26.0 Å². The van der Waals surface area contributed by atoms with Gasteiger partial charge in [-0.3, -0.25) is 0 Å². The summed E-state index contributed by atoms with van der Waals surface area (Å²) in [6, 6.07) is 7.10. The normalized spacial score (nSPS) is 15.2. The quantitative estimate of drug-likeness (QED) is 0.376. The molecule has 130 valence electrons. The van der Waals surface area contributed by atoms with Crippen LogP contribution in [0.5, 0.6) is 11.5 Å². The lowest BCUT2D eigenvalue weighted by Gasteiger charge is -2.13. The summed E-state index contributed by atoms with van der Waals surface area (Å²) in [5, 5.41) is 0. The zero-order valence-corrected chi connectivity index (χ0v) is 15.9. The fourth-order valence-corrected chi connectivity index (χ4v) is 3.07. The Bertz CT molecular complexity index is 839. The van der Waals surface area contributed by atoms with Gasteiger partial charge < -0.3 is 18.6 Å². The van der Waals surface area contributed by atoms with E-state index in [0.717, 1.165) is 9.13 Å². The molecule has 0 spiro atoms. The van der Waals surface area contributed by atoms with Gasteiger partial charge in [0.1, 0.15) is 0 Å². The van der Waals surface area contributed by atoms with Gasteiger partial charge in [0.15, 0.2) is 23.0 Å². The number of hydrogen-bond acceptors (Lipinski definition) is 6. The van der Waals surface area contributed by atoms with Crippen LogP contribution in [0.2, 0.25) is 0 Å². The highest BCUT2D eigenvalue weighted by atomic mass is 127. The number of hydrogen-bond donors (Lipinski definition) is 0. The molecule has 1 aromatic heterocycles. The molecule has 1 aromatic carbocycles. The first kappa shape index (κ1) is 17.5. The minimum atomic E-state index is -0.520. The summed E-state index contributed by atoms with van der Waals surface area (Å²) in [5.74, 6) is 1.37. The molecule has 0 unspecified atom stereocenters. The second-order valence-electron chi connectivity index (χ2n) is 5.01. The van der Waals surface area contributed by atoms with Crippen LogP contribution < -0.4 is 9.47 Å². The first-order chi connectivity index (χ1) is 12.1. The number of carbonyl (C=O) groups is 1. The standard InChI is InChI=1S/C18H16INO5/c1-3-22-15-10-11(8-12(19)16(15)23-4-2)9-13-18(21)25-17(20-13)14-6-5-7-24-14/h5-10H,3-4H2,1-2H3/b13-9-. The van der Waals surface area contributed by atoms with E-state index in [9.17, 15) is 4.79 Å². The number of esters is 1. The van der Waals surface area contributed by atoms with Crippen molar-refractivity contribution in [3.63, 3.8) is 0 Å². The van der Waals surface area contributed by atoms with Crippen molar-refractivity contribution in [2.24, 2.45) is 4.99 Å². The third-order valence-corrected chi connectivity index (χ3v) is 4.08. The predicted molar refractivity (Wildman–Crippen MR) is 101 cm³/mol. The number of halogens is 1. The Labute approximate surface area is 158 Å². The Morgan fingerprint density at radius 3 is 2.72 bits per heavy atom. The lowest BCUT2D eigenvalue weighted by Crippen LogP contribution is -2.04. The summed E-state index contributed by atoms with van der Waals surface area (Å²) in [5.41, 5.74) is 0.974. The van der Waals surface area contributed by atoms with Crippen molar-refractivity contribution >= 4 is 40.5 Å². The number of nitrogens with zero attached hydrogens (tertiary/aromatic N) is 1. The van der Waals surface area contributed by atoms with E-state index in [-0.39, 0.29) is 11.6 Å². The molecule has 0 amide bonds. The van der Waals surface area contributed by atoms with E-state index in [2.05, 4.69) is 27.6 Å². The average molecular weight is 453 g/mol. The number of aliphatic imine (C=N–C) groups is 1. The highest BCUT2D eigenvalue weighted by Crippen LogP contribution is 2.35. The Morgan fingerprint density at radius 2 is 2.04 bits per heavy atom. The largest absolute Gasteiger partial charge is 0.490 e. The van der Waals surface area contributed by atoms with Crippen LogP contribution in [-0.4, -0.2) is 25.1 Å². The molecule has 0 N–H and O–H groups in total. The van der Waals surface area contributed by atoms with Gasteiger partial charge in [0.2, 0.25) is 0 Å². The highest BCUT2D eigenvalue weighted by Gasteiger charge is 2.26. The van der Waals surface area contributed by atoms with E-state index in [4.69, 9.17) is 18.6 Å². The molecule has 3 rings (SSSR count). The molecule has 25 heavy (non-hydrogen) atoms. The maximum Gasteiger partial charge on any atom is 0.363 e. The molecule has 0 radical (unpaired) electrons. The Kier molecular flexibility index (Phi) is 5.42. The Balaban J connectivity index is 1.96. The number of benzene rings is 1. The second kappa shape index (κ2) is 7.73. The fraction of sp³-hybridized carbons (Fsp3) is 0.222. The van der Waals surface area contributed by atoms with Crippen molar-refractivity contribution in [3.8, 4) is 11.5 Å². The molecule has 6 nitrogen and oxygen atoms in total. The van der Waals surface area contributed by atoms with Crippen LogP contribution in [0.1, 0.15) is 25.2 Å². The van der Waals surface area contributed by atoms with Gasteiger partial charge in [0, 0.05) is 0 Å². The number of carbonyl (C=O) groups excluding carboxylic acids is 1. The van der Waals surface area contributed by atoms with Crippen LogP contribution in [0.15, 0.2) is 45.6 Å². The number of ether oxygens (including phenoxy) is 3. The second-order valence-corrected chi connectivity index (χ2v) is 6.17. The fourth-order valence-electron chi connectivity index (χ4n) is 2.29. The van der Waals surface area contributed by atoms with E-state index in [0.29, 0.717) is 30.5 Å². The van der Waals surface area contributed by atoms with Crippen LogP contribution >= 0.6 is 22.6 Å². The first-order valence-electron chi connectivity index (χ1n) is 7.78. The molecule has 1 aliphatic heterocycles. The van der Waals surface area contributed by atoms with Gasteiger partial charge in [0.25, 0.3) is 5.90 Å². The van der Waals surface area contributed by atoms with Gasteiger partial charge in [-0.25, -0.2) is 9.79 Å². The molecule has 0 bridgehead atoms. The summed E-state index contributed by atoms with van der Waals surface area (Å²) in [6.45, 7) is 4.88. The molecule has 0 fully saturated rings. The van der Waals surface area contributed by atoms with Gasteiger partial charge in [0.05, 0.1) is 23.0 Å². The topological polar surface area (TPSA) is 70.3 Å². The van der Waals surface area contributed by atoms with E-state index in [1.165, 1.54) is 6.26 Å². The number of cyclic esters (lactones) is 1. The predicted octanol–water partition coefficient (Wildman–Crippen LogP) is 4.03. The SMILES string of the molecule is CCOc1cc(/C=C2\N=C(c3ccco3)OC2=O)cc(I)c1OCC. The average Bonchev–Trinajstić information content (AvgIpc) is 3.22. The molecule has 7 heteroatoms. The van der Waals surface area contributed by atoms with Gasteiger partial charge in [-0.15, -0.1) is 0 Å². The smallest absolute Gasteiger partial charge is 0.363 e. The molecule has 0 saturated carbocycles. The van der Waals surface area contributed by atoms with Crippen LogP contribution in [0.3, 0.4) is 0 Å². The van der Waals surface area contributed by atoms with Crippen molar-refractivity contribution in [2.45, 2.75) is 13.8 Å². The molecular weight excluding hydrogens is 437 g/mol. The summed E-state index contributed by atoms with van der Waals surface area (Å²) < 4.78 is 22.5. The summed E-state index contributed by atoms with van der Waals surface area (Å²) in [6.07, 6.45) is 3.15. The minimum absolute atomic E-state index is 0.159. The molecule has 2 aromatic rings. The molecule has 1 aliphatic rings. The van der Waals surface area contributed by atoms with Crippen LogP contribution in [-0.2, 0) is 9.53 Å². The third kappa shape index (κ3) is 3.87. The van der Waals surface area contributed by atoms with Crippen molar-refractivity contribution in [3.05, 3.63) is 51.1 Å². The maximum absolute atomic E-state index is 12.0. The molecule has 0 aliphatic carbocycles. The van der Waals surface area contributed by atoms with Gasteiger partial charge in [-0.1, -0.05) is 0 Å². The lowest BCUT2D eigenvalue weighted by atomic mass is 10.1. The molecular formula is C18H16INO5. The van der Waals surface area contributed by atoms with Crippen molar-refractivity contribution < 1.29 is 23.4 Å². The van der Waals surface area contributed by atoms with Gasteiger partial charge in [-0.2, -0.15) is 0 Å². The van der Waals surface area contributed by atoms with Crippen LogP contribution in [0, 0.1) is 3.57 Å². The number of rotatable bonds is 6. The van der Waals surface area contributed by atoms with E-state index >= 15 is 0 Å². The van der Waals surface area contributed by atoms with Gasteiger partial charge in [-0.05, 0) is 72.3 Å². The summed E-state index contributed by atoms with van der Waals surface area (Å²) in [7, 11) is 0. The Morgan fingerprint density at radius 1 is 1.24 bits per heavy atom. The third-order valence-electron chi connectivity index (χ3n) is 3.28. The molecule has 2 heterocycles. The van der Waals surface area contributed by atoms with Gasteiger partial charge >= 0.3 is 5.97 Å². The van der Waals surface area contributed by atoms with Crippen molar-refractivity contribution in [2.75, 3.05) is 13.2 Å². The summed E-state index contributed by atoms with van der Waals surface area (Å²) in [4.78, 5) is 16.3.